The molecule has 1 N–H and O–H groups in total. The van der Waals surface area contributed by atoms with Crippen LogP contribution in [0.25, 0.3) is 0 Å². The number of amides is 2. The summed E-state index contributed by atoms with van der Waals surface area (Å²) in [7, 11) is 0. The van der Waals surface area contributed by atoms with Crippen LogP contribution in [-0.4, -0.2) is 33.7 Å². The summed E-state index contributed by atoms with van der Waals surface area (Å²) in [4.78, 5) is 27.0. The summed E-state index contributed by atoms with van der Waals surface area (Å²) in [6, 6.07) is 10.8. The van der Waals surface area contributed by atoms with E-state index in [1.807, 2.05) is 51.1 Å². The first-order chi connectivity index (χ1) is 11.5. The highest BCUT2D eigenvalue weighted by atomic mass is 16.2. The molecule has 0 aliphatic carbocycles. The Hall–Kier alpha value is -2.63. The Bertz CT molecular complexity index is 754. The van der Waals surface area contributed by atoms with E-state index in [0.717, 1.165) is 11.4 Å². The van der Waals surface area contributed by atoms with Crippen LogP contribution >= 0.6 is 0 Å². The summed E-state index contributed by atoms with van der Waals surface area (Å²) >= 11 is 0. The van der Waals surface area contributed by atoms with Crippen LogP contribution in [0.3, 0.4) is 0 Å². The quantitative estimate of drug-likeness (QED) is 0.936. The fourth-order valence-electron chi connectivity index (χ4n) is 3.22. The minimum Gasteiger partial charge on any atom is -0.339 e. The molecule has 1 aromatic heterocycles. The van der Waals surface area contributed by atoms with Gasteiger partial charge >= 0.3 is 0 Å². The zero-order valence-corrected chi connectivity index (χ0v) is 14.2. The predicted octanol–water partition coefficient (Wildman–Crippen LogP) is 2.14. The van der Waals surface area contributed by atoms with Crippen LogP contribution in [0.15, 0.2) is 36.4 Å². The second-order valence-electron chi connectivity index (χ2n) is 6.14. The van der Waals surface area contributed by atoms with Crippen molar-refractivity contribution in [3.05, 3.63) is 47.8 Å². The molecule has 0 radical (unpaired) electrons. The molecule has 0 saturated carbocycles. The molecule has 24 heavy (non-hydrogen) atoms. The largest absolute Gasteiger partial charge is 0.339 e. The second kappa shape index (κ2) is 6.47. The van der Waals surface area contributed by atoms with E-state index >= 15 is 0 Å². The number of benzene rings is 1. The molecule has 6 nitrogen and oxygen atoms in total. The summed E-state index contributed by atoms with van der Waals surface area (Å²) in [6.07, 6.45) is 0.596. The molecule has 1 saturated heterocycles. The summed E-state index contributed by atoms with van der Waals surface area (Å²) < 4.78 is 1.66. The second-order valence-corrected chi connectivity index (χ2v) is 6.14. The zero-order valence-electron chi connectivity index (χ0n) is 14.2. The van der Waals surface area contributed by atoms with Crippen molar-refractivity contribution in [2.24, 2.45) is 0 Å². The average Bonchev–Trinajstić information content (AvgIpc) is 3.08. The van der Waals surface area contributed by atoms with Crippen LogP contribution in [0.2, 0.25) is 0 Å². The maximum absolute atomic E-state index is 12.7. The smallest absolute Gasteiger partial charge is 0.270 e. The van der Waals surface area contributed by atoms with Crippen molar-refractivity contribution in [1.29, 1.82) is 0 Å². The molecule has 1 fully saturated rings. The van der Waals surface area contributed by atoms with Crippen molar-refractivity contribution in [2.45, 2.75) is 45.8 Å². The van der Waals surface area contributed by atoms with E-state index in [0.29, 0.717) is 18.7 Å². The molecular weight excluding hydrogens is 304 g/mol. The number of para-hydroxylation sites is 1. The topological polar surface area (TPSA) is 67.2 Å². The maximum atomic E-state index is 12.7. The van der Waals surface area contributed by atoms with E-state index in [-0.39, 0.29) is 17.9 Å². The first kappa shape index (κ1) is 16.2. The van der Waals surface area contributed by atoms with E-state index in [2.05, 4.69) is 10.4 Å². The number of aryl methyl sites for hydroxylation is 2. The fraction of sp³-hybridized carbons (Fsp3) is 0.389. The third-order valence-electron chi connectivity index (χ3n) is 4.33. The third kappa shape index (κ3) is 2.91. The Morgan fingerprint density at radius 1 is 1.33 bits per heavy atom. The van der Waals surface area contributed by atoms with Gasteiger partial charge in [-0.15, -0.1) is 0 Å². The molecule has 2 aromatic rings. The highest BCUT2D eigenvalue weighted by Gasteiger charge is 2.39. The van der Waals surface area contributed by atoms with Crippen molar-refractivity contribution in [1.82, 2.24) is 15.1 Å². The Morgan fingerprint density at radius 3 is 2.71 bits per heavy atom. The summed E-state index contributed by atoms with van der Waals surface area (Å²) in [5.74, 6) is -0.320. The van der Waals surface area contributed by atoms with Gasteiger partial charge < -0.3 is 10.2 Å². The maximum Gasteiger partial charge on any atom is 0.270 e. The number of aromatic nitrogens is 2. The first-order valence-electron chi connectivity index (χ1n) is 8.24. The van der Waals surface area contributed by atoms with Crippen LogP contribution in [0.4, 0.5) is 5.69 Å². The van der Waals surface area contributed by atoms with Crippen LogP contribution in [-0.2, 0) is 11.3 Å². The molecule has 1 aromatic carbocycles. The van der Waals surface area contributed by atoms with Gasteiger partial charge in [0.1, 0.15) is 11.7 Å². The molecule has 1 aliphatic rings. The highest BCUT2D eigenvalue weighted by molar-refractivity contribution is 6.04. The van der Waals surface area contributed by atoms with Gasteiger partial charge in [0.15, 0.2) is 0 Å². The van der Waals surface area contributed by atoms with Crippen LogP contribution in [0.5, 0.6) is 0 Å². The van der Waals surface area contributed by atoms with E-state index < -0.39 is 6.04 Å². The number of carbonyl (C=O) groups is 2. The van der Waals surface area contributed by atoms with E-state index in [9.17, 15) is 9.59 Å². The van der Waals surface area contributed by atoms with Gasteiger partial charge in [0.25, 0.3) is 5.91 Å². The molecule has 0 unspecified atom stereocenters. The molecule has 126 valence electrons. The van der Waals surface area contributed by atoms with Crippen molar-refractivity contribution in [3.63, 3.8) is 0 Å². The van der Waals surface area contributed by atoms with Crippen LogP contribution in [0.1, 0.15) is 36.5 Å². The van der Waals surface area contributed by atoms with Crippen LogP contribution < -0.4 is 10.2 Å². The van der Waals surface area contributed by atoms with Gasteiger partial charge in [-0.2, -0.15) is 5.10 Å². The predicted molar refractivity (Wildman–Crippen MR) is 91.9 cm³/mol. The Labute approximate surface area is 141 Å². The third-order valence-corrected chi connectivity index (χ3v) is 4.33. The van der Waals surface area contributed by atoms with Gasteiger partial charge in [-0.1, -0.05) is 18.2 Å². The number of hydrogen-bond acceptors (Lipinski definition) is 3. The molecule has 1 aliphatic heterocycles. The van der Waals surface area contributed by atoms with E-state index in [1.165, 1.54) is 0 Å². The van der Waals surface area contributed by atoms with Gasteiger partial charge in [0.05, 0.1) is 5.69 Å². The molecular formula is C18H22N4O2. The van der Waals surface area contributed by atoms with E-state index in [1.54, 1.807) is 15.6 Å². The Kier molecular flexibility index (Phi) is 4.38. The molecule has 3 rings (SSSR count). The number of anilines is 1. The number of rotatable bonds is 4. The molecule has 2 atom stereocenters. The minimum atomic E-state index is -0.506. The summed E-state index contributed by atoms with van der Waals surface area (Å²) in [5, 5.41) is 7.15. The lowest BCUT2D eigenvalue weighted by molar-refractivity contribution is -0.118. The number of nitrogens with zero attached hydrogens (tertiary/aromatic N) is 3. The normalized spacial score (nSPS) is 20.5. The number of hydrogen-bond donors (Lipinski definition) is 1. The lowest BCUT2D eigenvalue weighted by Gasteiger charge is -2.21. The lowest BCUT2D eigenvalue weighted by atomic mass is 10.2. The van der Waals surface area contributed by atoms with Gasteiger partial charge in [-0.05, 0) is 45.4 Å². The summed E-state index contributed by atoms with van der Waals surface area (Å²) in [5.41, 5.74) is 2.15. The monoisotopic (exact) mass is 326 g/mol. The molecule has 6 heteroatoms. The van der Waals surface area contributed by atoms with Gasteiger partial charge in [-0.3, -0.25) is 14.3 Å². The van der Waals surface area contributed by atoms with Crippen molar-refractivity contribution >= 4 is 17.5 Å². The Balaban J connectivity index is 1.77. The van der Waals surface area contributed by atoms with Crippen molar-refractivity contribution < 1.29 is 9.59 Å². The van der Waals surface area contributed by atoms with Crippen molar-refractivity contribution in [3.8, 4) is 0 Å². The molecule has 2 heterocycles. The van der Waals surface area contributed by atoms with Gasteiger partial charge in [0, 0.05) is 18.3 Å². The van der Waals surface area contributed by atoms with Crippen LogP contribution in [0, 0.1) is 6.92 Å². The Morgan fingerprint density at radius 2 is 2.04 bits per heavy atom. The van der Waals surface area contributed by atoms with Crippen molar-refractivity contribution in [2.75, 3.05) is 4.90 Å². The zero-order chi connectivity index (χ0) is 17.3. The molecule has 0 bridgehead atoms. The molecule has 2 amide bonds. The fourth-order valence-corrected chi connectivity index (χ4v) is 3.22. The minimum absolute atomic E-state index is 0.0445. The summed E-state index contributed by atoms with van der Waals surface area (Å²) in [6.45, 7) is 6.39. The molecule has 0 spiro atoms. The standard InChI is InChI=1S/C18H22N4O2/c1-4-21-16(10-12(2)20-21)17(23)19-15-11-13(3)22(18(15)24)14-8-6-5-7-9-14/h5-10,13,15H,4,11H2,1-3H3,(H,19,23)/t13-,15-/m1/s1. The highest BCUT2D eigenvalue weighted by Crippen LogP contribution is 2.26. The average molecular weight is 326 g/mol. The first-order valence-corrected chi connectivity index (χ1v) is 8.24. The number of nitrogens with one attached hydrogen (secondary N) is 1. The van der Waals surface area contributed by atoms with Gasteiger partial charge in [-0.25, -0.2) is 0 Å². The van der Waals surface area contributed by atoms with Gasteiger partial charge in [0.2, 0.25) is 5.91 Å². The lowest BCUT2D eigenvalue weighted by Crippen LogP contribution is -2.42. The van der Waals surface area contributed by atoms with E-state index in [4.69, 9.17) is 0 Å². The number of carbonyl (C=O) groups excluding carboxylic acids is 2. The SMILES string of the molecule is CCn1nc(C)cc1C(=O)N[C@@H]1C[C@@H](C)N(c2ccccc2)C1=O.